The summed E-state index contributed by atoms with van der Waals surface area (Å²) in [5.41, 5.74) is 0. The summed E-state index contributed by atoms with van der Waals surface area (Å²) in [6, 6.07) is 8.36. The van der Waals surface area contributed by atoms with Crippen molar-refractivity contribution in [1.29, 1.82) is 0 Å². The van der Waals surface area contributed by atoms with Crippen molar-refractivity contribution >= 4 is 17.0 Å². The van der Waals surface area contributed by atoms with Crippen LogP contribution in [0.2, 0.25) is 0 Å². The van der Waals surface area contributed by atoms with Gasteiger partial charge in [0.25, 0.3) is 0 Å². The molecule has 0 radical (unpaired) electrons. The van der Waals surface area contributed by atoms with Gasteiger partial charge in [-0.2, -0.15) is 0 Å². The van der Waals surface area contributed by atoms with E-state index in [9.17, 15) is 9.00 Å². The summed E-state index contributed by atoms with van der Waals surface area (Å²) >= 11 is 0. The standard InChI is InChI=1S/C11H13NO3S/c13-11(14)10-7-4-8-12(10)16(15)9-5-2-1-3-6-9/h1-3,5-6,10H,4,7-8H2,(H,13,14). The molecular weight excluding hydrogens is 226 g/mol. The molecule has 4 nitrogen and oxygen atoms in total. The smallest absolute Gasteiger partial charge is 0.321 e. The average molecular weight is 239 g/mol. The lowest BCUT2D eigenvalue weighted by molar-refractivity contribution is -0.140. The third-order valence-corrected chi connectivity index (χ3v) is 4.19. The van der Waals surface area contributed by atoms with E-state index in [2.05, 4.69) is 0 Å². The van der Waals surface area contributed by atoms with E-state index in [1.54, 1.807) is 28.6 Å². The molecule has 0 saturated carbocycles. The minimum absolute atomic E-state index is 0.577. The lowest BCUT2D eigenvalue weighted by Crippen LogP contribution is -2.37. The van der Waals surface area contributed by atoms with Gasteiger partial charge in [-0.3, -0.25) is 4.79 Å². The van der Waals surface area contributed by atoms with Gasteiger partial charge in [0.05, 0.1) is 4.90 Å². The molecule has 1 aromatic rings. The van der Waals surface area contributed by atoms with Gasteiger partial charge in [0.15, 0.2) is 0 Å². The fourth-order valence-electron chi connectivity index (χ4n) is 1.86. The van der Waals surface area contributed by atoms with Crippen molar-refractivity contribution in [2.75, 3.05) is 6.54 Å². The summed E-state index contributed by atoms with van der Waals surface area (Å²) in [5, 5.41) is 9.00. The van der Waals surface area contributed by atoms with Gasteiger partial charge in [-0.15, -0.1) is 0 Å². The van der Waals surface area contributed by atoms with Crippen LogP contribution in [-0.2, 0) is 15.8 Å². The lowest BCUT2D eigenvalue weighted by Gasteiger charge is -2.19. The second-order valence-electron chi connectivity index (χ2n) is 3.70. The maximum Gasteiger partial charge on any atom is 0.321 e. The molecule has 1 aliphatic rings. The normalized spacial score (nSPS) is 23.1. The monoisotopic (exact) mass is 239 g/mol. The summed E-state index contributed by atoms with van der Waals surface area (Å²) in [6.45, 7) is 0.582. The zero-order chi connectivity index (χ0) is 11.5. The van der Waals surface area contributed by atoms with E-state index in [1.807, 2.05) is 6.07 Å². The molecule has 2 rings (SSSR count). The van der Waals surface area contributed by atoms with Crippen molar-refractivity contribution in [3.05, 3.63) is 30.3 Å². The molecule has 0 aliphatic carbocycles. The Balaban J connectivity index is 2.19. The Labute approximate surface area is 96.5 Å². The Bertz CT molecular complexity index is 407. The lowest BCUT2D eigenvalue weighted by atomic mass is 10.2. The average Bonchev–Trinajstić information content (AvgIpc) is 2.78. The minimum Gasteiger partial charge on any atom is -0.480 e. The first-order valence-corrected chi connectivity index (χ1v) is 6.27. The van der Waals surface area contributed by atoms with Crippen LogP contribution in [0, 0.1) is 0 Å². The van der Waals surface area contributed by atoms with Crippen molar-refractivity contribution < 1.29 is 14.1 Å². The molecule has 1 N–H and O–H groups in total. The first-order chi connectivity index (χ1) is 7.70. The van der Waals surface area contributed by atoms with Crippen LogP contribution in [-0.4, -0.2) is 32.2 Å². The summed E-state index contributed by atoms with van der Waals surface area (Å²) in [6.07, 6.45) is 1.36. The molecule has 1 fully saturated rings. The number of hydrogen-bond acceptors (Lipinski definition) is 2. The van der Waals surface area contributed by atoms with Crippen LogP contribution in [0.5, 0.6) is 0 Å². The van der Waals surface area contributed by atoms with Crippen molar-refractivity contribution in [1.82, 2.24) is 4.31 Å². The Hall–Kier alpha value is -1.20. The zero-order valence-electron chi connectivity index (χ0n) is 8.70. The fraction of sp³-hybridized carbons (Fsp3) is 0.364. The first-order valence-electron chi connectivity index (χ1n) is 5.16. The third kappa shape index (κ3) is 2.15. The molecule has 0 spiro atoms. The van der Waals surface area contributed by atoms with E-state index >= 15 is 0 Å². The molecule has 0 aromatic heterocycles. The quantitative estimate of drug-likeness (QED) is 0.863. The predicted octanol–water partition coefficient (Wildman–Crippen LogP) is 1.26. The van der Waals surface area contributed by atoms with Crippen molar-refractivity contribution in [2.45, 2.75) is 23.8 Å². The Morgan fingerprint density at radius 2 is 2.06 bits per heavy atom. The topological polar surface area (TPSA) is 57.6 Å². The number of benzene rings is 1. The van der Waals surface area contributed by atoms with Crippen LogP contribution < -0.4 is 0 Å². The molecule has 1 aliphatic heterocycles. The summed E-state index contributed by atoms with van der Waals surface area (Å²) in [5.74, 6) is -0.887. The highest BCUT2D eigenvalue weighted by atomic mass is 32.2. The highest BCUT2D eigenvalue weighted by Crippen LogP contribution is 2.23. The van der Waals surface area contributed by atoms with Crippen molar-refractivity contribution in [3.63, 3.8) is 0 Å². The number of carboxylic acids is 1. The van der Waals surface area contributed by atoms with E-state index in [0.29, 0.717) is 17.9 Å². The van der Waals surface area contributed by atoms with E-state index in [4.69, 9.17) is 5.11 Å². The maximum atomic E-state index is 12.1. The van der Waals surface area contributed by atoms with Gasteiger partial charge in [-0.25, -0.2) is 8.51 Å². The maximum absolute atomic E-state index is 12.1. The fourth-order valence-corrected chi connectivity index (χ4v) is 3.24. The van der Waals surface area contributed by atoms with Crippen LogP contribution in [0.4, 0.5) is 0 Å². The van der Waals surface area contributed by atoms with Crippen LogP contribution in [0.25, 0.3) is 0 Å². The second-order valence-corrected chi connectivity index (χ2v) is 5.14. The van der Waals surface area contributed by atoms with E-state index < -0.39 is 23.0 Å². The van der Waals surface area contributed by atoms with E-state index in [1.165, 1.54) is 0 Å². The Kier molecular flexibility index (Phi) is 3.36. The molecule has 1 saturated heterocycles. The number of nitrogens with zero attached hydrogens (tertiary/aromatic N) is 1. The Morgan fingerprint density at radius 1 is 1.38 bits per heavy atom. The number of rotatable bonds is 3. The zero-order valence-corrected chi connectivity index (χ0v) is 9.52. The van der Waals surface area contributed by atoms with Gasteiger partial charge in [0.2, 0.25) is 0 Å². The van der Waals surface area contributed by atoms with Gasteiger partial charge < -0.3 is 5.11 Å². The summed E-state index contributed by atoms with van der Waals surface area (Å²) < 4.78 is 13.7. The van der Waals surface area contributed by atoms with Crippen LogP contribution >= 0.6 is 0 Å². The van der Waals surface area contributed by atoms with Gasteiger partial charge in [0, 0.05) is 6.54 Å². The molecule has 0 bridgehead atoms. The SMILES string of the molecule is O=C(O)C1CCCN1S(=O)c1ccccc1. The number of hydrogen-bond donors (Lipinski definition) is 1. The Morgan fingerprint density at radius 3 is 2.69 bits per heavy atom. The van der Waals surface area contributed by atoms with E-state index in [-0.39, 0.29) is 0 Å². The van der Waals surface area contributed by atoms with Gasteiger partial charge in [0.1, 0.15) is 17.0 Å². The third-order valence-electron chi connectivity index (χ3n) is 2.65. The molecule has 5 heteroatoms. The molecule has 1 aromatic carbocycles. The van der Waals surface area contributed by atoms with Gasteiger partial charge in [-0.1, -0.05) is 18.2 Å². The number of carboxylic acid groups (broad SMARTS) is 1. The summed E-state index contributed by atoms with van der Waals surface area (Å²) in [4.78, 5) is 11.6. The molecule has 1 heterocycles. The van der Waals surface area contributed by atoms with Gasteiger partial charge in [-0.05, 0) is 25.0 Å². The highest BCUT2D eigenvalue weighted by molar-refractivity contribution is 7.82. The second kappa shape index (κ2) is 4.76. The summed E-state index contributed by atoms with van der Waals surface area (Å²) in [7, 11) is -1.36. The minimum atomic E-state index is -1.36. The van der Waals surface area contributed by atoms with E-state index in [0.717, 1.165) is 6.42 Å². The highest BCUT2D eigenvalue weighted by Gasteiger charge is 2.34. The molecule has 86 valence electrons. The molecule has 2 atom stereocenters. The largest absolute Gasteiger partial charge is 0.480 e. The molecule has 2 unspecified atom stereocenters. The van der Waals surface area contributed by atoms with Crippen molar-refractivity contribution in [3.8, 4) is 0 Å². The van der Waals surface area contributed by atoms with Gasteiger partial charge >= 0.3 is 5.97 Å². The van der Waals surface area contributed by atoms with Crippen LogP contribution in [0.1, 0.15) is 12.8 Å². The molecule has 0 amide bonds. The molecule has 16 heavy (non-hydrogen) atoms. The predicted molar refractivity (Wildman–Crippen MR) is 60.2 cm³/mol. The van der Waals surface area contributed by atoms with Crippen LogP contribution in [0.3, 0.4) is 0 Å². The number of aliphatic carboxylic acids is 1. The molecular formula is C11H13NO3S. The van der Waals surface area contributed by atoms with Crippen LogP contribution in [0.15, 0.2) is 35.2 Å². The first kappa shape index (κ1) is 11.3. The van der Waals surface area contributed by atoms with Crippen molar-refractivity contribution in [2.24, 2.45) is 0 Å². The number of carbonyl (C=O) groups is 1.